The maximum Gasteiger partial charge on any atom is 0.0330 e. The van der Waals surface area contributed by atoms with Gasteiger partial charge in [0.25, 0.3) is 0 Å². The normalized spacial score (nSPS) is 12.3. The molecule has 0 bridgehead atoms. The fraction of sp³-hybridized carbons (Fsp3) is 1.00. The lowest BCUT2D eigenvalue weighted by atomic mass is 9.84. The number of rotatable bonds is 37. The maximum absolute atomic E-state index is 2.59. The number of hydrogen-bond donors (Lipinski definition) is 0. The van der Waals surface area contributed by atoms with E-state index in [-0.39, 0.29) is 0 Å². The summed E-state index contributed by atoms with van der Waals surface area (Å²) in [6.45, 7) is 5.83. The Morgan fingerprint density at radius 3 is 0.682 bits per heavy atom. The highest BCUT2D eigenvalue weighted by molar-refractivity contribution is 4.90. The van der Waals surface area contributed by atoms with Crippen molar-refractivity contribution in [3.8, 4) is 0 Å². The highest BCUT2D eigenvalue weighted by Crippen LogP contribution is 2.29. The Balaban J connectivity index is 3.85. The summed E-state index contributed by atoms with van der Waals surface area (Å²) < 4.78 is 0. The van der Waals surface area contributed by atoms with Crippen molar-refractivity contribution in [2.24, 2.45) is 0 Å². The Kier molecular flexibility index (Phi) is 34.2. The van der Waals surface area contributed by atoms with Crippen LogP contribution in [-0.2, 0) is 0 Å². The van der Waals surface area contributed by atoms with E-state index in [4.69, 9.17) is 0 Å². The first kappa shape index (κ1) is 43.9. The monoisotopic (exact) mass is 621 g/mol. The molecule has 0 rings (SSSR count). The Bertz CT molecular complexity index is 492. The predicted octanol–water partition coefficient (Wildman–Crippen LogP) is 14.2. The molecule has 0 unspecified atom stereocenters. The van der Waals surface area contributed by atoms with E-state index in [1.54, 1.807) is 0 Å². The fourth-order valence-electron chi connectivity index (χ4n) is 7.46. The largest absolute Gasteiger partial charge is 0.308 e. The molecule has 0 aliphatic carbocycles. The van der Waals surface area contributed by atoms with Crippen LogP contribution in [0.25, 0.3) is 0 Å². The second-order valence-corrected chi connectivity index (χ2v) is 15.5. The molecule has 44 heavy (non-hydrogen) atoms. The topological polar surface area (TPSA) is 6.48 Å². The van der Waals surface area contributed by atoms with E-state index in [9.17, 15) is 0 Å². The van der Waals surface area contributed by atoms with Crippen molar-refractivity contribution in [1.29, 1.82) is 0 Å². The third-order valence-electron chi connectivity index (χ3n) is 10.6. The van der Waals surface area contributed by atoms with Crippen molar-refractivity contribution in [3.63, 3.8) is 0 Å². The summed E-state index contributed by atoms with van der Waals surface area (Å²) in [4.78, 5) is 5.03. The van der Waals surface area contributed by atoms with Crippen molar-refractivity contribution < 1.29 is 0 Å². The van der Waals surface area contributed by atoms with Crippen LogP contribution in [0.4, 0.5) is 0 Å². The molecule has 0 saturated carbocycles. The van der Waals surface area contributed by atoms with Crippen LogP contribution < -0.4 is 0 Å². The molecule has 2 nitrogen and oxygen atoms in total. The van der Waals surface area contributed by atoms with Crippen LogP contribution in [0.3, 0.4) is 0 Å². The van der Waals surface area contributed by atoms with Gasteiger partial charge < -0.3 is 9.80 Å². The van der Waals surface area contributed by atoms with Crippen LogP contribution in [0.1, 0.15) is 232 Å². The fourth-order valence-corrected chi connectivity index (χ4v) is 7.46. The van der Waals surface area contributed by atoms with E-state index >= 15 is 0 Å². The molecule has 0 N–H and O–H groups in total. The molecule has 0 radical (unpaired) electrons. The minimum atomic E-state index is 0.357. The van der Waals surface area contributed by atoms with Gasteiger partial charge in [0.15, 0.2) is 0 Å². The van der Waals surface area contributed by atoms with Gasteiger partial charge in [-0.15, -0.1) is 0 Å². The average molecular weight is 621 g/mol. The summed E-state index contributed by atoms with van der Waals surface area (Å²) in [6, 6.07) is 0. The van der Waals surface area contributed by atoms with E-state index in [1.807, 2.05) is 0 Å². The van der Waals surface area contributed by atoms with Crippen LogP contribution in [0.2, 0.25) is 0 Å². The zero-order valence-electron chi connectivity index (χ0n) is 32.1. The summed E-state index contributed by atoms with van der Waals surface area (Å²) >= 11 is 0. The molecule has 0 aromatic rings. The van der Waals surface area contributed by atoms with Gasteiger partial charge in [-0.05, 0) is 41.0 Å². The van der Waals surface area contributed by atoms with Crippen molar-refractivity contribution in [2.45, 2.75) is 238 Å². The summed E-state index contributed by atoms with van der Waals surface area (Å²) in [5.41, 5.74) is 0.357. The van der Waals surface area contributed by atoms with E-state index in [1.165, 1.54) is 225 Å². The first-order chi connectivity index (χ1) is 21.5. The molecule has 0 atom stereocenters. The average Bonchev–Trinajstić information content (AvgIpc) is 3.00. The molecular formula is C42H88N2. The Labute approximate surface area is 281 Å². The smallest absolute Gasteiger partial charge is 0.0330 e. The minimum absolute atomic E-state index is 0.357. The maximum atomic E-state index is 2.59. The van der Waals surface area contributed by atoms with E-state index in [2.05, 4.69) is 51.8 Å². The molecule has 0 fully saturated rings. The third-order valence-corrected chi connectivity index (χ3v) is 10.6. The standard InChI is InChI=1S/C42H88N2/c1-7-9-11-13-15-17-19-21-23-25-27-29-31-33-35-37-39-42(44(5)6,41-43(3)4)40-38-36-34-32-30-28-26-24-22-20-18-16-14-12-10-8-2/h7-41H2,1-6H3. The van der Waals surface area contributed by atoms with Gasteiger partial charge in [-0.3, -0.25) is 0 Å². The Morgan fingerprint density at radius 1 is 0.295 bits per heavy atom. The molecule has 0 aromatic carbocycles. The van der Waals surface area contributed by atoms with Crippen molar-refractivity contribution in [3.05, 3.63) is 0 Å². The molecule has 266 valence electrons. The van der Waals surface area contributed by atoms with Gasteiger partial charge in [0.05, 0.1) is 0 Å². The van der Waals surface area contributed by atoms with Crippen molar-refractivity contribution >= 4 is 0 Å². The van der Waals surface area contributed by atoms with Crippen LogP contribution in [0.5, 0.6) is 0 Å². The molecule has 0 heterocycles. The van der Waals surface area contributed by atoms with Crippen molar-refractivity contribution in [1.82, 2.24) is 9.80 Å². The summed E-state index contributed by atoms with van der Waals surface area (Å²) in [5.74, 6) is 0. The molecule has 0 spiro atoms. The summed E-state index contributed by atoms with van der Waals surface area (Å²) in [6.07, 6.45) is 49.3. The number of nitrogens with zero attached hydrogens (tertiary/aromatic N) is 2. The molecular weight excluding hydrogens is 532 g/mol. The van der Waals surface area contributed by atoms with E-state index in [0.717, 1.165) is 0 Å². The number of hydrogen-bond acceptors (Lipinski definition) is 2. The quantitative estimate of drug-likeness (QED) is 0.0637. The lowest BCUT2D eigenvalue weighted by Gasteiger charge is -2.42. The number of likely N-dealkylation sites (N-methyl/N-ethyl adjacent to an activating group) is 2. The molecule has 0 aromatic heterocycles. The van der Waals surface area contributed by atoms with Gasteiger partial charge in [-0.25, -0.2) is 0 Å². The number of unbranched alkanes of at least 4 members (excludes halogenated alkanes) is 30. The molecule has 0 aliphatic rings. The molecule has 0 aliphatic heterocycles. The second kappa shape index (κ2) is 34.3. The minimum Gasteiger partial charge on any atom is -0.308 e. The zero-order valence-corrected chi connectivity index (χ0v) is 32.1. The van der Waals surface area contributed by atoms with Crippen molar-refractivity contribution in [2.75, 3.05) is 34.7 Å². The molecule has 2 heteroatoms. The second-order valence-electron chi connectivity index (χ2n) is 15.5. The summed E-state index contributed by atoms with van der Waals surface area (Å²) in [7, 11) is 9.25. The van der Waals surface area contributed by atoms with E-state index in [0.29, 0.717) is 5.54 Å². The molecule has 0 amide bonds. The van der Waals surface area contributed by atoms with Gasteiger partial charge in [-0.2, -0.15) is 0 Å². The van der Waals surface area contributed by atoms with Gasteiger partial charge in [0.2, 0.25) is 0 Å². The van der Waals surface area contributed by atoms with Crippen LogP contribution in [0.15, 0.2) is 0 Å². The third kappa shape index (κ3) is 29.3. The van der Waals surface area contributed by atoms with Crippen LogP contribution in [-0.4, -0.2) is 50.1 Å². The van der Waals surface area contributed by atoms with Gasteiger partial charge in [0.1, 0.15) is 0 Å². The highest BCUT2D eigenvalue weighted by atomic mass is 15.2. The van der Waals surface area contributed by atoms with Crippen LogP contribution >= 0.6 is 0 Å². The predicted molar refractivity (Wildman–Crippen MR) is 203 cm³/mol. The SMILES string of the molecule is CCCCCCCCCCCCCCCCCCC(CCCCCCCCCCCCCCCCCC)(CN(C)C)N(C)C. The first-order valence-corrected chi connectivity index (χ1v) is 20.8. The highest BCUT2D eigenvalue weighted by Gasteiger charge is 2.32. The zero-order chi connectivity index (χ0) is 32.4. The first-order valence-electron chi connectivity index (χ1n) is 20.8. The van der Waals surface area contributed by atoms with Gasteiger partial charge in [-0.1, -0.05) is 219 Å². The van der Waals surface area contributed by atoms with Crippen LogP contribution in [0, 0.1) is 0 Å². The Morgan fingerprint density at radius 2 is 0.500 bits per heavy atom. The molecule has 0 saturated heterocycles. The van der Waals surface area contributed by atoms with Gasteiger partial charge in [0, 0.05) is 12.1 Å². The van der Waals surface area contributed by atoms with Gasteiger partial charge >= 0.3 is 0 Å². The Hall–Kier alpha value is -0.0800. The lowest BCUT2D eigenvalue weighted by Crippen LogP contribution is -2.51. The lowest BCUT2D eigenvalue weighted by molar-refractivity contribution is 0.0846. The summed E-state index contributed by atoms with van der Waals surface area (Å²) in [5, 5.41) is 0. The van der Waals surface area contributed by atoms with E-state index < -0.39 is 0 Å².